The summed E-state index contributed by atoms with van der Waals surface area (Å²) < 4.78 is 0. The van der Waals surface area contributed by atoms with Gasteiger partial charge in [-0.2, -0.15) is 0 Å². The number of halogens is 1. The molecule has 6 nitrogen and oxygen atoms in total. The van der Waals surface area contributed by atoms with Crippen LogP contribution in [0.15, 0.2) is 17.1 Å². The largest absolute Gasteiger partial charge is 0.480 e. The lowest BCUT2D eigenvalue weighted by atomic mass is 9.97. The van der Waals surface area contributed by atoms with Crippen LogP contribution in [-0.2, 0) is 4.79 Å². The minimum absolute atomic E-state index is 0.108. The lowest BCUT2D eigenvalue weighted by Crippen LogP contribution is -2.52. The second kappa shape index (κ2) is 5.05. The molecule has 0 spiro atoms. The number of hydrogen-bond donors (Lipinski definition) is 3. The van der Waals surface area contributed by atoms with Crippen molar-refractivity contribution in [3.05, 3.63) is 33.2 Å². The van der Waals surface area contributed by atoms with E-state index in [9.17, 15) is 19.5 Å². The molecule has 3 N–H and O–H groups in total. The van der Waals surface area contributed by atoms with Crippen LogP contribution in [0.3, 0.4) is 0 Å². The summed E-state index contributed by atoms with van der Waals surface area (Å²) in [5, 5.41) is 11.7. The molecule has 0 radical (unpaired) electrons. The molecule has 1 aliphatic rings. The third-order valence-corrected chi connectivity index (χ3v) is 3.62. The van der Waals surface area contributed by atoms with Gasteiger partial charge in [0.05, 0.1) is 5.56 Å². The van der Waals surface area contributed by atoms with Crippen molar-refractivity contribution in [2.75, 3.05) is 0 Å². The number of carbonyl (C=O) groups excluding carboxylic acids is 1. The second-order valence-corrected chi connectivity index (χ2v) is 5.02. The molecular weight excluding hydrogens is 272 g/mol. The summed E-state index contributed by atoms with van der Waals surface area (Å²) in [4.78, 5) is 36.7. The van der Waals surface area contributed by atoms with Crippen molar-refractivity contribution in [3.8, 4) is 0 Å². The number of pyridine rings is 1. The van der Waals surface area contributed by atoms with Crippen LogP contribution in [0.25, 0.3) is 0 Å². The van der Waals surface area contributed by atoms with Crippen LogP contribution in [0.5, 0.6) is 0 Å². The van der Waals surface area contributed by atoms with Crippen LogP contribution in [0, 0.1) is 0 Å². The van der Waals surface area contributed by atoms with Crippen molar-refractivity contribution in [1.82, 2.24) is 10.3 Å². The zero-order valence-electron chi connectivity index (χ0n) is 10.0. The molecular formula is C12H13ClN2O4. The van der Waals surface area contributed by atoms with Gasteiger partial charge in [0.15, 0.2) is 0 Å². The molecule has 0 atom stereocenters. The van der Waals surface area contributed by atoms with E-state index >= 15 is 0 Å². The van der Waals surface area contributed by atoms with E-state index in [0.29, 0.717) is 12.8 Å². The molecule has 1 aliphatic carbocycles. The molecule has 1 aromatic rings. The van der Waals surface area contributed by atoms with Crippen molar-refractivity contribution in [2.45, 2.75) is 31.2 Å². The monoisotopic (exact) mass is 284 g/mol. The van der Waals surface area contributed by atoms with E-state index < -0.39 is 23.0 Å². The summed E-state index contributed by atoms with van der Waals surface area (Å²) >= 11 is 5.63. The zero-order chi connectivity index (χ0) is 14.0. The number of carboxylic acid groups (broad SMARTS) is 1. The summed E-state index contributed by atoms with van der Waals surface area (Å²) in [6, 6.07) is 1.22. The molecule has 19 heavy (non-hydrogen) atoms. The van der Waals surface area contributed by atoms with Crippen molar-refractivity contribution in [1.29, 1.82) is 0 Å². The first kappa shape index (κ1) is 13.6. The molecule has 1 saturated carbocycles. The van der Waals surface area contributed by atoms with Gasteiger partial charge in [-0.15, -0.1) is 0 Å². The highest BCUT2D eigenvalue weighted by Crippen LogP contribution is 2.30. The van der Waals surface area contributed by atoms with Crippen LogP contribution in [-0.4, -0.2) is 27.5 Å². The summed E-state index contributed by atoms with van der Waals surface area (Å²) in [7, 11) is 0. The smallest absolute Gasteiger partial charge is 0.329 e. The molecule has 1 amide bonds. The molecule has 1 fully saturated rings. The minimum atomic E-state index is -1.21. The molecule has 7 heteroatoms. The van der Waals surface area contributed by atoms with Crippen LogP contribution >= 0.6 is 11.6 Å². The van der Waals surface area contributed by atoms with Crippen LogP contribution in [0.4, 0.5) is 0 Å². The number of hydrogen-bond acceptors (Lipinski definition) is 3. The highest BCUT2D eigenvalue weighted by Gasteiger charge is 2.42. The number of carboxylic acids is 1. The summed E-state index contributed by atoms with van der Waals surface area (Å²) in [6.45, 7) is 0. The number of rotatable bonds is 3. The Balaban J connectivity index is 2.22. The van der Waals surface area contributed by atoms with E-state index in [-0.39, 0.29) is 10.6 Å². The van der Waals surface area contributed by atoms with Crippen molar-refractivity contribution in [2.24, 2.45) is 0 Å². The highest BCUT2D eigenvalue weighted by atomic mass is 35.5. The van der Waals surface area contributed by atoms with Gasteiger partial charge in [0.1, 0.15) is 10.6 Å². The summed E-state index contributed by atoms with van der Waals surface area (Å²) in [5.41, 5.74) is -1.57. The number of H-pyrrole nitrogens is 1. The van der Waals surface area contributed by atoms with Crippen molar-refractivity contribution in [3.63, 3.8) is 0 Å². The topological polar surface area (TPSA) is 99.3 Å². The average Bonchev–Trinajstić information content (AvgIpc) is 2.82. The number of amides is 1. The molecule has 2 rings (SSSR count). The van der Waals surface area contributed by atoms with Crippen molar-refractivity contribution >= 4 is 23.5 Å². The normalized spacial score (nSPS) is 17.1. The predicted molar refractivity (Wildman–Crippen MR) is 68.4 cm³/mol. The Morgan fingerprint density at radius 2 is 2.00 bits per heavy atom. The average molecular weight is 285 g/mol. The molecule has 1 aromatic heterocycles. The Bertz CT molecular complexity index is 575. The molecule has 0 bridgehead atoms. The maximum Gasteiger partial charge on any atom is 0.329 e. The number of aromatic amines is 1. The van der Waals surface area contributed by atoms with E-state index in [2.05, 4.69) is 10.3 Å². The Morgan fingerprint density at radius 1 is 1.37 bits per heavy atom. The minimum Gasteiger partial charge on any atom is -0.480 e. The third kappa shape index (κ3) is 2.63. The van der Waals surface area contributed by atoms with Gasteiger partial charge in [0.25, 0.3) is 11.5 Å². The molecule has 0 unspecified atom stereocenters. The fourth-order valence-electron chi connectivity index (χ4n) is 2.25. The Hall–Kier alpha value is -1.82. The van der Waals surface area contributed by atoms with Gasteiger partial charge in [0.2, 0.25) is 0 Å². The quantitative estimate of drug-likeness (QED) is 0.775. The van der Waals surface area contributed by atoms with Gasteiger partial charge in [-0.25, -0.2) is 4.79 Å². The molecule has 1 heterocycles. The predicted octanol–water partition coefficient (Wildman–Crippen LogP) is 1.16. The molecule has 0 aliphatic heterocycles. The molecule has 102 valence electrons. The maximum absolute atomic E-state index is 12.0. The van der Waals surface area contributed by atoms with E-state index in [0.717, 1.165) is 12.8 Å². The summed E-state index contributed by atoms with van der Waals surface area (Å²) in [5.74, 6) is -1.59. The van der Waals surface area contributed by atoms with Crippen LogP contribution < -0.4 is 10.9 Å². The fourth-order valence-corrected chi connectivity index (χ4v) is 2.42. The van der Waals surface area contributed by atoms with E-state index in [1.54, 1.807) is 0 Å². The number of aliphatic carboxylic acids is 1. The Kier molecular flexibility index (Phi) is 3.61. The highest BCUT2D eigenvalue weighted by molar-refractivity contribution is 6.30. The number of nitrogens with one attached hydrogen (secondary N) is 2. The van der Waals surface area contributed by atoms with E-state index in [1.165, 1.54) is 12.3 Å². The Morgan fingerprint density at radius 3 is 2.53 bits per heavy atom. The SMILES string of the molecule is O=C(NC1(C(=O)O)CCCC1)c1c[nH]c(=O)c(Cl)c1. The maximum atomic E-state index is 12.0. The van der Waals surface area contributed by atoms with Gasteiger partial charge in [0, 0.05) is 6.20 Å². The standard InChI is InChI=1S/C12H13ClN2O4/c13-8-5-7(6-14-10(8)17)9(16)15-12(11(18)19)3-1-2-4-12/h5-6H,1-4H2,(H,14,17)(H,15,16)(H,18,19). The zero-order valence-corrected chi connectivity index (χ0v) is 10.8. The van der Waals surface area contributed by atoms with Crippen molar-refractivity contribution < 1.29 is 14.7 Å². The summed E-state index contributed by atoms with van der Waals surface area (Å²) in [6.07, 6.45) is 3.56. The lowest BCUT2D eigenvalue weighted by Gasteiger charge is -2.25. The number of aromatic nitrogens is 1. The fraction of sp³-hybridized carbons (Fsp3) is 0.417. The van der Waals surface area contributed by atoms with Gasteiger partial charge in [-0.1, -0.05) is 24.4 Å². The van der Waals surface area contributed by atoms with Gasteiger partial charge in [-0.05, 0) is 18.9 Å². The first-order chi connectivity index (χ1) is 8.94. The number of carbonyl (C=O) groups is 2. The van der Waals surface area contributed by atoms with Gasteiger partial charge >= 0.3 is 5.97 Å². The van der Waals surface area contributed by atoms with Gasteiger partial charge < -0.3 is 15.4 Å². The van der Waals surface area contributed by atoms with E-state index in [4.69, 9.17) is 11.6 Å². The van der Waals surface area contributed by atoms with Crippen LogP contribution in [0.1, 0.15) is 36.0 Å². The second-order valence-electron chi connectivity index (χ2n) is 4.61. The van der Waals surface area contributed by atoms with E-state index in [1.807, 2.05) is 0 Å². The first-order valence-corrected chi connectivity index (χ1v) is 6.26. The Labute approximate surface area is 113 Å². The first-order valence-electron chi connectivity index (χ1n) is 5.89. The molecule has 0 saturated heterocycles. The third-order valence-electron chi connectivity index (χ3n) is 3.34. The van der Waals surface area contributed by atoms with Gasteiger partial charge in [-0.3, -0.25) is 9.59 Å². The van der Waals surface area contributed by atoms with Crippen LogP contribution in [0.2, 0.25) is 5.02 Å². The molecule has 0 aromatic carbocycles. The lowest BCUT2D eigenvalue weighted by molar-refractivity contribution is -0.144.